The number of anilines is 2. The van der Waals surface area contributed by atoms with Crippen molar-refractivity contribution >= 4 is 49.9 Å². The van der Waals surface area contributed by atoms with Gasteiger partial charge in [0.25, 0.3) is 5.69 Å². The van der Waals surface area contributed by atoms with Gasteiger partial charge in [-0.25, -0.2) is 4.98 Å². The van der Waals surface area contributed by atoms with E-state index in [2.05, 4.69) is 45.2 Å². The SMILES string of the molecule is Cc1cc(N2CCN(C(=O)CO[C@H]3CC[C@H](Nc4ccc([N+](=O)[O-])c(C(F)(F)F)c4)CC3)CC2)nc2ccc(Br)cc12. The molecule has 1 amide bonds. The number of fused-ring (bicyclic) bond motifs is 1. The molecule has 0 unspecified atom stereocenters. The zero-order chi connectivity index (χ0) is 30.0. The van der Waals surface area contributed by atoms with Crippen LogP contribution in [0.2, 0.25) is 0 Å². The maximum absolute atomic E-state index is 13.3. The molecule has 2 heterocycles. The van der Waals surface area contributed by atoms with Crippen molar-refractivity contribution in [3.8, 4) is 0 Å². The quantitative estimate of drug-likeness (QED) is 0.236. The van der Waals surface area contributed by atoms with Crippen molar-refractivity contribution in [2.75, 3.05) is 43.0 Å². The first-order valence-electron chi connectivity index (χ1n) is 13.8. The number of aromatic nitrogens is 1. The lowest BCUT2D eigenvalue weighted by molar-refractivity contribution is -0.388. The van der Waals surface area contributed by atoms with Crippen LogP contribution < -0.4 is 10.2 Å². The second-order valence-corrected chi connectivity index (χ2v) is 11.7. The summed E-state index contributed by atoms with van der Waals surface area (Å²) in [6.45, 7) is 4.56. The zero-order valence-electron chi connectivity index (χ0n) is 23.0. The molecule has 1 aromatic heterocycles. The number of pyridine rings is 1. The van der Waals surface area contributed by atoms with Crippen molar-refractivity contribution in [1.82, 2.24) is 9.88 Å². The van der Waals surface area contributed by atoms with Crippen LogP contribution in [0.5, 0.6) is 0 Å². The fraction of sp³-hybridized carbons (Fsp3) is 0.448. The van der Waals surface area contributed by atoms with Gasteiger partial charge in [0, 0.05) is 53.8 Å². The van der Waals surface area contributed by atoms with E-state index in [0.717, 1.165) is 38.9 Å². The van der Waals surface area contributed by atoms with Gasteiger partial charge in [-0.1, -0.05) is 15.9 Å². The number of carbonyl (C=O) groups excluding carboxylic acids is 1. The third kappa shape index (κ3) is 6.95. The number of benzene rings is 2. The maximum Gasteiger partial charge on any atom is 0.423 e. The van der Waals surface area contributed by atoms with Gasteiger partial charge in [0.2, 0.25) is 5.91 Å². The Balaban J connectivity index is 1.07. The van der Waals surface area contributed by atoms with Crippen molar-refractivity contribution < 1.29 is 27.6 Å². The summed E-state index contributed by atoms with van der Waals surface area (Å²) in [5, 5.41) is 15.2. The summed E-state index contributed by atoms with van der Waals surface area (Å²) in [7, 11) is 0. The molecule has 0 atom stereocenters. The highest BCUT2D eigenvalue weighted by molar-refractivity contribution is 9.10. The van der Waals surface area contributed by atoms with Gasteiger partial charge in [0.05, 0.1) is 16.5 Å². The Labute approximate surface area is 249 Å². The van der Waals surface area contributed by atoms with Crippen LogP contribution in [0.3, 0.4) is 0 Å². The number of nitrogens with one attached hydrogen (secondary N) is 1. The predicted octanol–water partition coefficient (Wildman–Crippen LogP) is 6.32. The molecular formula is C29H31BrF3N5O4. The smallest absolute Gasteiger partial charge is 0.382 e. The summed E-state index contributed by atoms with van der Waals surface area (Å²) in [6, 6.07) is 11.0. The molecule has 224 valence electrons. The molecule has 1 aliphatic carbocycles. The number of halogens is 4. The molecule has 2 aromatic carbocycles. The predicted molar refractivity (Wildman–Crippen MR) is 157 cm³/mol. The van der Waals surface area contributed by atoms with Crippen LogP contribution in [0.25, 0.3) is 10.9 Å². The van der Waals surface area contributed by atoms with Gasteiger partial charge in [-0.3, -0.25) is 14.9 Å². The highest BCUT2D eigenvalue weighted by Crippen LogP contribution is 2.38. The van der Waals surface area contributed by atoms with Gasteiger partial charge >= 0.3 is 6.18 Å². The summed E-state index contributed by atoms with van der Waals surface area (Å²) in [6.07, 6.45) is -2.34. The number of nitro benzene ring substituents is 1. The molecule has 0 bridgehead atoms. The molecular weight excluding hydrogens is 619 g/mol. The second kappa shape index (κ2) is 12.4. The molecule has 2 fully saturated rings. The lowest BCUT2D eigenvalue weighted by atomic mass is 9.92. The number of alkyl halides is 3. The Hall–Kier alpha value is -3.45. The third-order valence-corrected chi connectivity index (χ3v) is 8.40. The lowest BCUT2D eigenvalue weighted by Crippen LogP contribution is -2.50. The molecule has 42 heavy (non-hydrogen) atoms. The molecule has 2 aliphatic rings. The van der Waals surface area contributed by atoms with E-state index in [9.17, 15) is 28.1 Å². The Bertz CT molecular complexity index is 1470. The van der Waals surface area contributed by atoms with Gasteiger partial charge in [-0.15, -0.1) is 0 Å². The Kier molecular flexibility index (Phi) is 8.88. The van der Waals surface area contributed by atoms with E-state index in [4.69, 9.17) is 9.72 Å². The minimum atomic E-state index is -4.82. The number of piperazine rings is 1. The lowest BCUT2D eigenvalue weighted by Gasteiger charge is -2.36. The van der Waals surface area contributed by atoms with E-state index in [1.165, 1.54) is 6.07 Å². The van der Waals surface area contributed by atoms with Crippen LogP contribution in [0.1, 0.15) is 36.8 Å². The number of aryl methyl sites for hydroxylation is 1. The van der Waals surface area contributed by atoms with E-state index < -0.39 is 22.4 Å². The Morgan fingerprint density at radius 3 is 2.48 bits per heavy atom. The molecule has 9 nitrogen and oxygen atoms in total. The Morgan fingerprint density at radius 1 is 1.10 bits per heavy atom. The van der Waals surface area contributed by atoms with Crippen molar-refractivity contribution in [2.45, 2.75) is 50.9 Å². The molecule has 1 saturated carbocycles. The fourth-order valence-corrected chi connectivity index (χ4v) is 5.96. The first-order chi connectivity index (χ1) is 20.0. The number of carbonyl (C=O) groups is 1. The van der Waals surface area contributed by atoms with E-state index >= 15 is 0 Å². The van der Waals surface area contributed by atoms with Crippen LogP contribution in [-0.2, 0) is 15.7 Å². The largest absolute Gasteiger partial charge is 0.423 e. The van der Waals surface area contributed by atoms with Gasteiger partial charge in [0.15, 0.2) is 0 Å². The minimum absolute atomic E-state index is 0.0116. The number of hydrogen-bond acceptors (Lipinski definition) is 7. The van der Waals surface area contributed by atoms with Gasteiger partial charge in [-0.05, 0) is 74.6 Å². The molecule has 13 heteroatoms. The van der Waals surface area contributed by atoms with Crippen LogP contribution >= 0.6 is 15.9 Å². The summed E-state index contributed by atoms with van der Waals surface area (Å²) in [5.74, 6) is 0.840. The number of amides is 1. The summed E-state index contributed by atoms with van der Waals surface area (Å²) < 4.78 is 46.8. The average Bonchev–Trinajstić information content (AvgIpc) is 2.96. The van der Waals surface area contributed by atoms with Crippen molar-refractivity contribution in [1.29, 1.82) is 0 Å². The van der Waals surface area contributed by atoms with E-state index in [0.29, 0.717) is 51.9 Å². The zero-order valence-corrected chi connectivity index (χ0v) is 24.6. The first-order valence-corrected chi connectivity index (χ1v) is 14.6. The van der Waals surface area contributed by atoms with Crippen LogP contribution in [0.4, 0.5) is 30.4 Å². The molecule has 0 radical (unpaired) electrons. The standard InChI is InChI=1S/C29H31BrF3N5O4/c1-18-14-27(35-25-8-2-19(30)15-23(18)25)36-10-12-37(13-11-36)28(39)17-42-22-6-3-20(4-7-22)34-21-5-9-26(38(40)41)24(16-21)29(31,32)33/h2,5,8-9,14-16,20,22,34H,3-4,6-7,10-13,17H2,1H3/t20-,22-. The van der Waals surface area contributed by atoms with Crippen molar-refractivity contribution in [3.05, 3.63) is 68.2 Å². The van der Waals surface area contributed by atoms with Gasteiger partial charge in [0.1, 0.15) is 18.0 Å². The topological polar surface area (TPSA) is 101 Å². The van der Waals surface area contributed by atoms with Crippen molar-refractivity contribution in [2.24, 2.45) is 0 Å². The normalized spacial score (nSPS) is 19.6. The summed E-state index contributed by atoms with van der Waals surface area (Å²) in [5.41, 5.74) is 0.0283. The number of ether oxygens (including phenoxy) is 1. The van der Waals surface area contributed by atoms with Crippen LogP contribution in [-0.4, -0.2) is 65.6 Å². The molecule has 1 aliphatic heterocycles. The van der Waals surface area contributed by atoms with E-state index in [1.807, 2.05) is 17.0 Å². The van der Waals surface area contributed by atoms with Gasteiger partial charge in [-0.2, -0.15) is 13.2 Å². The minimum Gasteiger partial charge on any atom is -0.382 e. The number of rotatable bonds is 7. The van der Waals surface area contributed by atoms with E-state index in [1.54, 1.807) is 0 Å². The summed E-state index contributed by atoms with van der Waals surface area (Å²) >= 11 is 3.51. The average molecular weight is 650 g/mol. The number of nitro groups is 1. The molecule has 3 aromatic rings. The molecule has 1 N–H and O–H groups in total. The van der Waals surface area contributed by atoms with Crippen molar-refractivity contribution in [3.63, 3.8) is 0 Å². The van der Waals surface area contributed by atoms with E-state index in [-0.39, 0.29) is 30.3 Å². The molecule has 5 rings (SSSR count). The maximum atomic E-state index is 13.3. The fourth-order valence-electron chi connectivity index (χ4n) is 5.60. The van der Waals surface area contributed by atoms with Crippen LogP contribution in [0.15, 0.2) is 46.9 Å². The second-order valence-electron chi connectivity index (χ2n) is 10.7. The molecule has 1 saturated heterocycles. The Morgan fingerprint density at radius 2 is 1.81 bits per heavy atom. The highest BCUT2D eigenvalue weighted by atomic mass is 79.9. The summed E-state index contributed by atoms with van der Waals surface area (Å²) in [4.78, 5) is 31.6. The number of nitrogens with zero attached hydrogens (tertiary/aromatic N) is 4. The third-order valence-electron chi connectivity index (χ3n) is 7.91. The number of hydrogen-bond donors (Lipinski definition) is 1. The molecule has 0 spiro atoms. The van der Waals surface area contributed by atoms with Gasteiger partial charge < -0.3 is 19.9 Å². The highest BCUT2D eigenvalue weighted by Gasteiger charge is 2.38. The van der Waals surface area contributed by atoms with Crippen LogP contribution in [0, 0.1) is 17.0 Å². The first kappa shape index (κ1) is 30.0. The monoisotopic (exact) mass is 649 g/mol.